The second-order valence-corrected chi connectivity index (χ2v) is 7.42. The molecule has 0 spiro atoms. The smallest absolute Gasteiger partial charge is 0.218 e. The van der Waals surface area contributed by atoms with Crippen molar-refractivity contribution in [2.24, 2.45) is 0 Å². The molecule has 7 heteroatoms. The summed E-state index contributed by atoms with van der Waals surface area (Å²) in [5, 5.41) is 4.84. The molecule has 5 rings (SSSR count). The van der Waals surface area contributed by atoms with E-state index in [-0.39, 0.29) is 17.9 Å². The second kappa shape index (κ2) is 7.09. The van der Waals surface area contributed by atoms with Crippen molar-refractivity contribution >= 4 is 18.0 Å². The maximum Gasteiger partial charge on any atom is 0.218 e. The van der Waals surface area contributed by atoms with Crippen molar-refractivity contribution in [2.45, 2.75) is 31.3 Å². The molecular weight excluding hydrogens is 374 g/mol. The summed E-state index contributed by atoms with van der Waals surface area (Å²) in [5.41, 5.74) is 2.10. The highest BCUT2D eigenvalue weighted by molar-refractivity contribution is 7.71. The first kappa shape index (κ1) is 17.5. The first-order chi connectivity index (χ1) is 13.7. The fourth-order valence-corrected chi connectivity index (χ4v) is 4.23. The van der Waals surface area contributed by atoms with Gasteiger partial charge >= 0.3 is 0 Å². The number of Topliss-reactive ketones (excluding diaryl/α,β-unsaturated/α-hetero) is 1. The average Bonchev–Trinajstić information content (AvgIpc) is 3.29. The van der Waals surface area contributed by atoms with E-state index >= 15 is 0 Å². The lowest BCUT2D eigenvalue weighted by atomic mass is 10.0. The molecule has 1 aromatic heterocycles. The van der Waals surface area contributed by atoms with E-state index in [1.165, 1.54) is 0 Å². The van der Waals surface area contributed by atoms with Crippen molar-refractivity contribution in [2.75, 3.05) is 6.61 Å². The first-order valence-corrected chi connectivity index (χ1v) is 9.71. The lowest BCUT2D eigenvalue weighted by Gasteiger charge is -2.26. The number of benzene rings is 2. The van der Waals surface area contributed by atoms with Gasteiger partial charge in [-0.3, -0.25) is 9.36 Å². The molecule has 3 atom stereocenters. The summed E-state index contributed by atoms with van der Waals surface area (Å²) in [6, 6.07) is 19.8. The average molecular weight is 393 g/mol. The normalized spacial score (nSPS) is 23.9. The Bertz CT molecular complexity index is 1060. The van der Waals surface area contributed by atoms with Gasteiger partial charge in [-0.15, -0.1) is 0 Å². The van der Waals surface area contributed by atoms with E-state index in [9.17, 15) is 4.79 Å². The van der Waals surface area contributed by atoms with Crippen molar-refractivity contribution in [1.82, 2.24) is 14.3 Å². The van der Waals surface area contributed by atoms with Gasteiger partial charge in [-0.1, -0.05) is 48.5 Å². The lowest BCUT2D eigenvalue weighted by Crippen LogP contribution is -2.37. The van der Waals surface area contributed by atoms with Gasteiger partial charge in [-0.05, 0) is 29.9 Å². The van der Waals surface area contributed by atoms with Crippen LogP contribution < -0.4 is 0 Å². The zero-order valence-electron chi connectivity index (χ0n) is 15.1. The SMILES string of the molecule is O=C1C[C@@H](n2nc(Cc3ccccc3)n(-c3ccccc3)c2=S)[C@H]2CO[C@@H]1O2. The molecule has 2 saturated heterocycles. The van der Waals surface area contributed by atoms with E-state index in [1.54, 1.807) is 4.68 Å². The van der Waals surface area contributed by atoms with Crippen molar-refractivity contribution in [1.29, 1.82) is 0 Å². The predicted octanol–water partition coefficient (Wildman–Crippen LogP) is 3.25. The fraction of sp³-hybridized carbons (Fsp3) is 0.286. The Kier molecular flexibility index (Phi) is 4.43. The largest absolute Gasteiger partial charge is 0.343 e. The maximum atomic E-state index is 12.3. The van der Waals surface area contributed by atoms with Crippen LogP contribution in [0.1, 0.15) is 23.9 Å². The third-order valence-corrected chi connectivity index (χ3v) is 5.58. The summed E-state index contributed by atoms with van der Waals surface area (Å²) in [5.74, 6) is 0.774. The monoisotopic (exact) mass is 393 g/mol. The highest BCUT2D eigenvalue weighted by Gasteiger charge is 2.45. The second-order valence-electron chi connectivity index (χ2n) is 7.05. The Morgan fingerprint density at radius 2 is 1.79 bits per heavy atom. The number of para-hydroxylation sites is 1. The van der Waals surface area contributed by atoms with Gasteiger partial charge in [0.1, 0.15) is 11.9 Å². The van der Waals surface area contributed by atoms with Gasteiger partial charge in [0.2, 0.25) is 11.1 Å². The van der Waals surface area contributed by atoms with Gasteiger partial charge in [0, 0.05) is 18.5 Å². The van der Waals surface area contributed by atoms with Crippen molar-refractivity contribution in [3.05, 3.63) is 76.8 Å². The molecule has 6 nitrogen and oxygen atoms in total. The van der Waals surface area contributed by atoms with Crippen LogP contribution in [-0.4, -0.2) is 39.1 Å². The molecule has 0 amide bonds. The molecule has 0 radical (unpaired) electrons. The fourth-order valence-electron chi connectivity index (χ4n) is 3.84. The number of nitrogens with zero attached hydrogens (tertiary/aromatic N) is 3. The van der Waals surface area contributed by atoms with Gasteiger partial charge in [-0.25, -0.2) is 4.68 Å². The van der Waals surface area contributed by atoms with Crippen LogP contribution in [0.15, 0.2) is 60.7 Å². The number of ketones is 1. The number of rotatable bonds is 4. The van der Waals surface area contributed by atoms with Crippen LogP contribution in [0.3, 0.4) is 0 Å². The van der Waals surface area contributed by atoms with E-state index in [0.717, 1.165) is 17.1 Å². The summed E-state index contributed by atoms with van der Waals surface area (Å²) in [6.07, 6.45) is 0.0197. The Hall–Kier alpha value is -2.61. The highest BCUT2D eigenvalue weighted by Crippen LogP contribution is 2.33. The zero-order valence-corrected chi connectivity index (χ0v) is 15.9. The number of aromatic nitrogens is 3. The lowest BCUT2D eigenvalue weighted by molar-refractivity contribution is -0.156. The van der Waals surface area contributed by atoms with Crippen molar-refractivity contribution in [3.63, 3.8) is 0 Å². The molecule has 0 saturated carbocycles. The molecule has 142 valence electrons. The van der Waals surface area contributed by atoms with Gasteiger partial charge in [0.25, 0.3) is 0 Å². The van der Waals surface area contributed by atoms with Crippen LogP contribution in [0.25, 0.3) is 5.69 Å². The van der Waals surface area contributed by atoms with Crippen LogP contribution in [0.2, 0.25) is 0 Å². The van der Waals surface area contributed by atoms with Gasteiger partial charge in [0.05, 0.1) is 12.6 Å². The number of hydrogen-bond donors (Lipinski definition) is 0. The van der Waals surface area contributed by atoms with Crippen molar-refractivity contribution < 1.29 is 14.3 Å². The van der Waals surface area contributed by atoms with Crippen LogP contribution in [0, 0.1) is 4.77 Å². The summed E-state index contributed by atoms with van der Waals surface area (Å²) in [6.45, 7) is 0.384. The minimum Gasteiger partial charge on any atom is -0.343 e. The Labute approximate surface area is 167 Å². The number of fused-ring (bicyclic) bond motifs is 2. The first-order valence-electron chi connectivity index (χ1n) is 9.30. The summed E-state index contributed by atoms with van der Waals surface area (Å²) >= 11 is 5.80. The molecule has 2 aliphatic rings. The standard InChI is InChI=1S/C21H19N3O3S/c25-17-12-16(18-13-26-20(17)27-18)24-21(28)23(15-9-5-2-6-10-15)19(22-24)11-14-7-3-1-4-8-14/h1-10,16,18,20H,11-13H2/t16-,18-,20-/m1/s1. The minimum atomic E-state index is -0.726. The van der Waals surface area contributed by atoms with Crippen LogP contribution in [0.4, 0.5) is 0 Å². The van der Waals surface area contributed by atoms with Gasteiger partial charge < -0.3 is 9.47 Å². The molecular formula is C21H19N3O3S. The number of ether oxygens (including phenoxy) is 2. The molecule has 2 bridgehead atoms. The van der Waals surface area contributed by atoms with Gasteiger partial charge in [0.15, 0.2) is 5.78 Å². The Morgan fingerprint density at radius 3 is 2.54 bits per heavy atom. The third-order valence-electron chi connectivity index (χ3n) is 5.21. The van der Waals surface area contributed by atoms with Crippen LogP contribution in [0.5, 0.6) is 0 Å². The summed E-state index contributed by atoms with van der Waals surface area (Å²) in [7, 11) is 0. The maximum absolute atomic E-state index is 12.3. The predicted molar refractivity (Wildman–Crippen MR) is 105 cm³/mol. The molecule has 2 aromatic carbocycles. The summed E-state index contributed by atoms with van der Waals surface area (Å²) in [4.78, 5) is 12.3. The molecule has 2 fully saturated rings. The Morgan fingerprint density at radius 1 is 1.07 bits per heavy atom. The quantitative estimate of drug-likeness (QED) is 0.637. The number of carbonyl (C=O) groups excluding carboxylic acids is 1. The van der Waals surface area contributed by atoms with E-state index in [1.807, 2.05) is 53.1 Å². The number of carbonyl (C=O) groups is 1. The Balaban J connectivity index is 1.61. The molecule has 0 unspecified atom stereocenters. The zero-order chi connectivity index (χ0) is 19.1. The van der Waals surface area contributed by atoms with Crippen LogP contribution in [-0.2, 0) is 20.7 Å². The molecule has 28 heavy (non-hydrogen) atoms. The molecule has 0 aliphatic carbocycles. The summed E-state index contributed by atoms with van der Waals surface area (Å²) < 4.78 is 15.5. The van der Waals surface area contributed by atoms with E-state index in [4.69, 9.17) is 26.8 Å². The molecule has 3 aromatic rings. The molecule has 3 heterocycles. The molecule has 0 N–H and O–H groups in total. The topological polar surface area (TPSA) is 58.3 Å². The van der Waals surface area contributed by atoms with E-state index < -0.39 is 6.29 Å². The molecule has 2 aliphatic heterocycles. The van der Waals surface area contributed by atoms with Crippen LogP contribution >= 0.6 is 12.2 Å². The van der Waals surface area contributed by atoms with Gasteiger partial charge in [-0.2, -0.15) is 5.10 Å². The third kappa shape index (κ3) is 3.01. The number of hydrogen-bond acceptors (Lipinski definition) is 5. The van der Waals surface area contributed by atoms with Crippen molar-refractivity contribution in [3.8, 4) is 5.69 Å². The van der Waals surface area contributed by atoms with E-state index in [0.29, 0.717) is 24.2 Å². The minimum absolute atomic E-state index is 0.0560. The van der Waals surface area contributed by atoms with E-state index in [2.05, 4.69) is 12.1 Å². The highest BCUT2D eigenvalue weighted by atomic mass is 32.1.